The molecule has 4 aromatic carbocycles. The summed E-state index contributed by atoms with van der Waals surface area (Å²) in [5, 5.41) is 32.9. The van der Waals surface area contributed by atoms with E-state index in [1.165, 1.54) is 18.2 Å². The molecule has 0 aliphatic rings. The molecule has 0 aliphatic heterocycles. The van der Waals surface area contributed by atoms with E-state index in [9.17, 15) is 20.4 Å². The molecular weight excluding hydrogens is 426 g/mol. The number of rotatable bonds is 6. The number of fused-ring (bicyclic) bond motifs is 1. The van der Waals surface area contributed by atoms with Gasteiger partial charge in [-0.15, -0.1) is 0 Å². The molecule has 0 radical (unpaired) electrons. The van der Waals surface area contributed by atoms with Crippen LogP contribution in [0.15, 0.2) is 90.5 Å². The van der Waals surface area contributed by atoms with Crippen molar-refractivity contribution in [3.8, 4) is 23.6 Å². The molecular formula is C28H19N3O3. The lowest BCUT2D eigenvalue weighted by Gasteiger charge is -2.13. The van der Waals surface area contributed by atoms with Crippen molar-refractivity contribution < 1.29 is 14.6 Å². The van der Waals surface area contributed by atoms with E-state index >= 15 is 0 Å². The first-order valence-electron chi connectivity index (χ1n) is 10.4. The standard InChI is InChI=1S/C28H19N3O3/c29-16-20-6-1-2-7-21(20)18-34-27-14-9-19-5-3-4-8-25(19)26(27)15-22(17-30)28(33)31-23-10-12-24(32)13-11-23/h1-15,32H,18H2,(H,31,33)/b22-15+. The van der Waals surface area contributed by atoms with Gasteiger partial charge >= 0.3 is 0 Å². The highest BCUT2D eigenvalue weighted by atomic mass is 16.5. The van der Waals surface area contributed by atoms with E-state index in [-0.39, 0.29) is 17.9 Å². The number of aromatic hydroxyl groups is 1. The minimum atomic E-state index is -0.582. The molecule has 0 saturated carbocycles. The second kappa shape index (κ2) is 10.0. The summed E-state index contributed by atoms with van der Waals surface area (Å²) in [5.74, 6) is -0.0249. The van der Waals surface area contributed by atoms with Crippen LogP contribution in [0.25, 0.3) is 16.8 Å². The summed E-state index contributed by atoms with van der Waals surface area (Å²) in [4.78, 5) is 12.8. The topological polar surface area (TPSA) is 106 Å². The molecule has 164 valence electrons. The first-order valence-corrected chi connectivity index (χ1v) is 10.4. The van der Waals surface area contributed by atoms with Gasteiger partial charge in [-0.1, -0.05) is 48.5 Å². The Hall–Kier alpha value is -5.07. The third-order valence-corrected chi connectivity index (χ3v) is 5.23. The number of phenols is 1. The molecule has 0 fully saturated rings. The van der Waals surface area contributed by atoms with E-state index in [0.717, 1.165) is 16.3 Å². The summed E-state index contributed by atoms with van der Waals surface area (Å²) in [7, 11) is 0. The molecule has 4 rings (SSSR count). The summed E-state index contributed by atoms with van der Waals surface area (Å²) in [5.41, 5.74) is 2.19. The monoisotopic (exact) mass is 445 g/mol. The predicted octanol–water partition coefficient (Wildman–Crippen LogP) is 5.54. The smallest absolute Gasteiger partial charge is 0.266 e. The third-order valence-electron chi connectivity index (χ3n) is 5.23. The fourth-order valence-corrected chi connectivity index (χ4v) is 3.50. The molecule has 4 aromatic rings. The number of amides is 1. The van der Waals surface area contributed by atoms with E-state index in [1.807, 2.05) is 48.5 Å². The van der Waals surface area contributed by atoms with Crippen LogP contribution in [0.4, 0.5) is 5.69 Å². The van der Waals surface area contributed by atoms with Crippen molar-refractivity contribution in [1.29, 1.82) is 10.5 Å². The van der Waals surface area contributed by atoms with Crippen LogP contribution in [-0.4, -0.2) is 11.0 Å². The number of hydrogen-bond donors (Lipinski definition) is 2. The van der Waals surface area contributed by atoms with Crippen molar-refractivity contribution in [1.82, 2.24) is 0 Å². The highest BCUT2D eigenvalue weighted by Crippen LogP contribution is 2.31. The Morgan fingerprint density at radius 3 is 2.44 bits per heavy atom. The van der Waals surface area contributed by atoms with Crippen molar-refractivity contribution in [3.05, 3.63) is 107 Å². The molecule has 0 bridgehead atoms. The molecule has 0 atom stereocenters. The zero-order valence-corrected chi connectivity index (χ0v) is 18.0. The molecule has 34 heavy (non-hydrogen) atoms. The van der Waals surface area contributed by atoms with Crippen molar-refractivity contribution >= 4 is 28.4 Å². The normalized spacial score (nSPS) is 10.8. The summed E-state index contributed by atoms with van der Waals surface area (Å²) in [6, 6.07) is 28.6. The van der Waals surface area contributed by atoms with Gasteiger partial charge in [-0.25, -0.2) is 0 Å². The highest BCUT2D eigenvalue weighted by molar-refractivity contribution is 6.11. The lowest BCUT2D eigenvalue weighted by Crippen LogP contribution is -2.13. The number of anilines is 1. The minimum Gasteiger partial charge on any atom is -0.508 e. The van der Waals surface area contributed by atoms with Gasteiger partial charge in [-0.2, -0.15) is 10.5 Å². The van der Waals surface area contributed by atoms with Crippen molar-refractivity contribution in [3.63, 3.8) is 0 Å². The molecule has 1 amide bonds. The zero-order valence-electron chi connectivity index (χ0n) is 18.0. The molecule has 0 aromatic heterocycles. The van der Waals surface area contributed by atoms with Gasteiger partial charge in [0, 0.05) is 16.8 Å². The maximum Gasteiger partial charge on any atom is 0.266 e. The number of carbonyl (C=O) groups excluding carboxylic acids is 1. The number of nitrogens with zero attached hydrogens (tertiary/aromatic N) is 2. The first-order chi connectivity index (χ1) is 16.6. The summed E-state index contributed by atoms with van der Waals surface area (Å²) in [6.07, 6.45) is 1.50. The largest absolute Gasteiger partial charge is 0.508 e. The van der Waals surface area contributed by atoms with Crippen LogP contribution in [0.5, 0.6) is 11.5 Å². The minimum absolute atomic E-state index is 0.0737. The van der Waals surface area contributed by atoms with Crippen LogP contribution in [0, 0.1) is 22.7 Å². The maximum absolute atomic E-state index is 12.8. The Morgan fingerprint density at radius 2 is 1.68 bits per heavy atom. The van der Waals surface area contributed by atoms with Gasteiger partial charge in [0.25, 0.3) is 5.91 Å². The van der Waals surface area contributed by atoms with E-state index in [0.29, 0.717) is 22.6 Å². The van der Waals surface area contributed by atoms with Gasteiger partial charge in [0.15, 0.2) is 0 Å². The Balaban J connectivity index is 1.71. The van der Waals surface area contributed by atoms with Crippen molar-refractivity contribution in [2.75, 3.05) is 5.32 Å². The van der Waals surface area contributed by atoms with E-state index in [1.54, 1.807) is 30.3 Å². The SMILES string of the molecule is N#C/C(=C\c1c(OCc2ccccc2C#N)ccc2ccccc12)C(=O)Nc1ccc(O)cc1. The van der Waals surface area contributed by atoms with Crippen molar-refractivity contribution in [2.24, 2.45) is 0 Å². The fourth-order valence-electron chi connectivity index (χ4n) is 3.50. The van der Waals surface area contributed by atoms with Gasteiger partial charge in [-0.3, -0.25) is 4.79 Å². The Kier molecular flexibility index (Phi) is 6.53. The average molecular weight is 445 g/mol. The van der Waals surface area contributed by atoms with Crippen LogP contribution < -0.4 is 10.1 Å². The molecule has 6 heteroatoms. The summed E-state index contributed by atoms with van der Waals surface area (Å²) < 4.78 is 6.07. The first kappa shape index (κ1) is 22.1. The number of carbonyl (C=O) groups is 1. The van der Waals surface area contributed by atoms with Gasteiger partial charge < -0.3 is 15.2 Å². The fraction of sp³-hybridized carbons (Fsp3) is 0.0357. The Bertz CT molecular complexity index is 1480. The molecule has 6 nitrogen and oxygen atoms in total. The summed E-state index contributed by atoms with van der Waals surface area (Å²) >= 11 is 0. The Morgan fingerprint density at radius 1 is 0.941 bits per heavy atom. The number of phenolic OH excluding ortho intramolecular Hbond substituents is 1. The van der Waals surface area contributed by atoms with E-state index in [4.69, 9.17) is 4.74 Å². The Labute approximate surface area is 196 Å². The van der Waals surface area contributed by atoms with Gasteiger partial charge in [0.1, 0.15) is 29.7 Å². The molecule has 2 N–H and O–H groups in total. The number of benzene rings is 4. The van der Waals surface area contributed by atoms with Gasteiger partial charge in [0.2, 0.25) is 0 Å². The van der Waals surface area contributed by atoms with Gasteiger partial charge in [0.05, 0.1) is 11.6 Å². The third kappa shape index (κ3) is 4.88. The van der Waals surface area contributed by atoms with E-state index in [2.05, 4.69) is 11.4 Å². The molecule has 0 unspecified atom stereocenters. The second-order valence-corrected chi connectivity index (χ2v) is 7.43. The van der Waals surface area contributed by atoms with Crippen LogP contribution in [0.1, 0.15) is 16.7 Å². The second-order valence-electron chi connectivity index (χ2n) is 7.43. The van der Waals surface area contributed by atoms with Crippen LogP contribution in [0.2, 0.25) is 0 Å². The molecule has 0 spiro atoms. The number of nitriles is 2. The molecule has 0 saturated heterocycles. The lowest BCUT2D eigenvalue weighted by atomic mass is 10.0. The van der Waals surface area contributed by atoms with Crippen molar-refractivity contribution in [2.45, 2.75) is 6.61 Å². The van der Waals surface area contributed by atoms with E-state index < -0.39 is 5.91 Å². The number of hydrogen-bond acceptors (Lipinski definition) is 5. The average Bonchev–Trinajstić information content (AvgIpc) is 2.87. The molecule has 0 aliphatic carbocycles. The van der Waals surface area contributed by atoms with Gasteiger partial charge in [-0.05, 0) is 53.2 Å². The number of nitrogens with one attached hydrogen (secondary N) is 1. The maximum atomic E-state index is 12.8. The predicted molar refractivity (Wildman–Crippen MR) is 130 cm³/mol. The lowest BCUT2D eigenvalue weighted by molar-refractivity contribution is -0.112. The van der Waals surface area contributed by atoms with Crippen LogP contribution >= 0.6 is 0 Å². The zero-order chi connectivity index (χ0) is 23.9. The van der Waals surface area contributed by atoms with Crippen LogP contribution in [-0.2, 0) is 11.4 Å². The molecule has 0 heterocycles. The summed E-state index contributed by atoms with van der Waals surface area (Å²) in [6.45, 7) is 0.157. The quantitative estimate of drug-likeness (QED) is 0.230. The van der Waals surface area contributed by atoms with Crippen LogP contribution in [0.3, 0.4) is 0 Å². The number of ether oxygens (including phenoxy) is 1. The highest BCUT2D eigenvalue weighted by Gasteiger charge is 2.14.